The van der Waals surface area contributed by atoms with Crippen molar-refractivity contribution < 1.29 is 9.90 Å². The minimum atomic E-state index is -1.08. The Morgan fingerprint density at radius 3 is 2.89 bits per heavy atom. The third kappa shape index (κ3) is 3.56. The van der Waals surface area contributed by atoms with Gasteiger partial charge >= 0.3 is 0 Å². The van der Waals surface area contributed by atoms with Crippen molar-refractivity contribution in [2.24, 2.45) is 0 Å². The van der Waals surface area contributed by atoms with Crippen LogP contribution in [0.4, 0.5) is 0 Å². The van der Waals surface area contributed by atoms with Gasteiger partial charge in [-0.25, -0.2) is 0 Å². The van der Waals surface area contributed by atoms with Gasteiger partial charge in [-0.15, -0.1) is 0 Å². The smallest absolute Gasteiger partial charge is 0.251 e. The molecule has 0 saturated carbocycles. The van der Waals surface area contributed by atoms with Crippen LogP contribution in [-0.2, 0) is 5.60 Å². The number of carbonyl (C=O) groups is 1. The fraction of sp³-hybridized carbons (Fsp3) is 0.214. The largest absolute Gasteiger partial charge is 0.384 e. The fourth-order valence-corrected chi connectivity index (χ4v) is 2.63. The summed E-state index contributed by atoms with van der Waals surface area (Å²) in [4.78, 5) is 11.9. The Morgan fingerprint density at radius 2 is 2.26 bits per heavy atom. The van der Waals surface area contributed by atoms with E-state index in [-0.39, 0.29) is 12.5 Å². The van der Waals surface area contributed by atoms with Gasteiger partial charge < -0.3 is 10.4 Å². The van der Waals surface area contributed by atoms with Crippen LogP contribution < -0.4 is 5.32 Å². The highest BCUT2D eigenvalue weighted by atomic mass is 35.5. The van der Waals surface area contributed by atoms with E-state index in [0.717, 1.165) is 5.56 Å². The lowest BCUT2D eigenvalue weighted by molar-refractivity contribution is 0.0530. The van der Waals surface area contributed by atoms with Gasteiger partial charge in [-0.3, -0.25) is 4.79 Å². The molecule has 0 aliphatic heterocycles. The van der Waals surface area contributed by atoms with Crippen LogP contribution in [0.5, 0.6) is 0 Å². The van der Waals surface area contributed by atoms with Gasteiger partial charge in [0.15, 0.2) is 0 Å². The predicted molar refractivity (Wildman–Crippen MR) is 77.7 cm³/mol. The number of hydrogen-bond donors (Lipinski definition) is 2. The Bertz CT molecular complexity index is 567. The summed E-state index contributed by atoms with van der Waals surface area (Å²) < 4.78 is 0. The second kappa shape index (κ2) is 5.74. The number of halogens is 1. The molecule has 19 heavy (non-hydrogen) atoms. The van der Waals surface area contributed by atoms with Crippen LogP contribution in [0.2, 0.25) is 5.02 Å². The molecule has 1 aromatic heterocycles. The van der Waals surface area contributed by atoms with E-state index >= 15 is 0 Å². The summed E-state index contributed by atoms with van der Waals surface area (Å²) in [6.45, 7) is 1.82. The molecular weight excluding hydrogens is 282 g/mol. The van der Waals surface area contributed by atoms with E-state index in [1.165, 1.54) is 11.3 Å². The Labute approximate surface area is 120 Å². The minimum Gasteiger partial charge on any atom is -0.384 e. The molecule has 1 unspecified atom stereocenters. The van der Waals surface area contributed by atoms with E-state index in [4.69, 9.17) is 11.6 Å². The second-order valence-electron chi connectivity index (χ2n) is 4.48. The van der Waals surface area contributed by atoms with E-state index in [2.05, 4.69) is 5.32 Å². The molecule has 0 saturated heterocycles. The first-order valence-corrected chi connectivity index (χ1v) is 7.10. The number of thiophene rings is 1. The molecule has 1 heterocycles. The third-order valence-electron chi connectivity index (χ3n) is 2.82. The first-order chi connectivity index (χ1) is 8.99. The van der Waals surface area contributed by atoms with Gasteiger partial charge in [0.1, 0.15) is 5.60 Å². The summed E-state index contributed by atoms with van der Waals surface area (Å²) in [5.74, 6) is -0.252. The average Bonchev–Trinajstić information content (AvgIpc) is 2.90. The predicted octanol–water partition coefficient (Wildman–Crippen LogP) is 3.04. The van der Waals surface area contributed by atoms with E-state index in [1.807, 2.05) is 16.8 Å². The van der Waals surface area contributed by atoms with Gasteiger partial charge in [-0.05, 0) is 47.5 Å². The first-order valence-electron chi connectivity index (χ1n) is 5.78. The van der Waals surface area contributed by atoms with Crippen LogP contribution >= 0.6 is 22.9 Å². The van der Waals surface area contributed by atoms with Gasteiger partial charge in [-0.1, -0.05) is 17.7 Å². The summed E-state index contributed by atoms with van der Waals surface area (Å²) in [5.41, 5.74) is 0.200. The summed E-state index contributed by atoms with van der Waals surface area (Å²) in [6, 6.07) is 8.54. The van der Waals surface area contributed by atoms with Gasteiger partial charge in [0.25, 0.3) is 5.91 Å². The van der Waals surface area contributed by atoms with Crippen LogP contribution in [0.15, 0.2) is 41.1 Å². The number of carbonyl (C=O) groups excluding carboxylic acids is 1. The van der Waals surface area contributed by atoms with E-state index in [9.17, 15) is 9.90 Å². The molecule has 1 aromatic carbocycles. The molecule has 0 fully saturated rings. The molecule has 2 aromatic rings. The molecule has 100 valence electrons. The van der Waals surface area contributed by atoms with Crippen molar-refractivity contribution in [1.82, 2.24) is 5.32 Å². The molecule has 3 nitrogen and oxygen atoms in total. The molecule has 0 aliphatic rings. The maximum atomic E-state index is 11.9. The molecule has 2 rings (SSSR count). The fourth-order valence-electron chi connectivity index (χ4n) is 1.66. The number of rotatable bonds is 4. The lowest BCUT2D eigenvalue weighted by Gasteiger charge is -2.22. The van der Waals surface area contributed by atoms with E-state index in [1.54, 1.807) is 31.2 Å². The van der Waals surface area contributed by atoms with E-state index in [0.29, 0.717) is 10.6 Å². The molecule has 5 heteroatoms. The summed E-state index contributed by atoms with van der Waals surface area (Å²) >= 11 is 7.34. The molecule has 0 spiro atoms. The maximum absolute atomic E-state index is 11.9. The molecule has 0 aliphatic carbocycles. The van der Waals surface area contributed by atoms with Gasteiger partial charge in [0, 0.05) is 10.6 Å². The van der Waals surface area contributed by atoms with Gasteiger partial charge in [-0.2, -0.15) is 11.3 Å². The molecule has 1 atom stereocenters. The highest BCUT2D eigenvalue weighted by Crippen LogP contribution is 2.22. The number of amides is 1. The van der Waals surface area contributed by atoms with Crippen molar-refractivity contribution >= 4 is 28.8 Å². The molecule has 2 N–H and O–H groups in total. The zero-order valence-electron chi connectivity index (χ0n) is 10.4. The number of hydrogen-bond acceptors (Lipinski definition) is 3. The lowest BCUT2D eigenvalue weighted by Crippen LogP contribution is -2.38. The average molecular weight is 296 g/mol. The van der Waals surface area contributed by atoms with Crippen LogP contribution in [-0.4, -0.2) is 17.6 Å². The summed E-state index contributed by atoms with van der Waals surface area (Å²) in [7, 11) is 0. The van der Waals surface area contributed by atoms with Crippen molar-refractivity contribution in [2.75, 3.05) is 6.54 Å². The highest BCUT2D eigenvalue weighted by molar-refractivity contribution is 7.08. The summed E-state index contributed by atoms with van der Waals surface area (Å²) in [5, 5.41) is 17.3. The lowest BCUT2D eigenvalue weighted by atomic mass is 9.99. The topological polar surface area (TPSA) is 49.3 Å². The zero-order chi connectivity index (χ0) is 13.9. The molecular formula is C14H14ClNO2S. The Balaban J connectivity index is 2.01. The normalized spacial score (nSPS) is 13.8. The highest BCUT2D eigenvalue weighted by Gasteiger charge is 2.24. The summed E-state index contributed by atoms with van der Waals surface area (Å²) in [6.07, 6.45) is 0. The van der Waals surface area contributed by atoms with Gasteiger partial charge in [0.2, 0.25) is 0 Å². The van der Waals surface area contributed by atoms with Crippen molar-refractivity contribution in [3.63, 3.8) is 0 Å². The number of benzene rings is 1. The Hall–Kier alpha value is -1.36. The molecule has 1 amide bonds. The maximum Gasteiger partial charge on any atom is 0.251 e. The van der Waals surface area contributed by atoms with Crippen molar-refractivity contribution in [3.05, 3.63) is 57.2 Å². The molecule has 0 bridgehead atoms. The van der Waals surface area contributed by atoms with Crippen LogP contribution in [0.25, 0.3) is 0 Å². The monoisotopic (exact) mass is 295 g/mol. The quantitative estimate of drug-likeness (QED) is 0.911. The Kier molecular flexibility index (Phi) is 4.24. The van der Waals surface area contributed by atoms with Crippen molar-refractivity contribution in [3.8, 4) is 0 Å². The molecule has 0 radical (unpaired) electrons. The van der Waals surface area contributed by atoms with Gasteiger partial charge in [0.05, 0.1) is 6.54 Å². The number of nitrogens with one attached hydrogen (secondary N) is 1. The van der Waals surface area contributed by atoms with Crippen molar-refractivity contribution in [1.29, 1.82) is 0 Å². The SMILES string of the molecule is CC(O)(CNC(=O)c1cccc(Cl)c1)c1ccsc1. The van der Waals surface area contributed by atoms with Crippen LogP contribution in [0.1, 0.15) is 22.8 Å². The van der Waals surface area contributed by atoms with Crippen molar-refractivity contribution in [2.45, 2.75) is 12.5 Å². The number of aliphatic hydroxyl groups is 1. The zero-order valence-corrected chi connectivity index (χ0v) is 12.0. The van der Waals surface area contributed by atoms with Crippen LogP contribution in [0.3, 0.4) is 0 Å². The minimum absolute atomic E-state index is 0.148. The third-order valence-corrected chi connectivity index (χ3v) is 3.74. The Morgan fingerprint density at radius 1 is 1.47 bits per heavy atom. The second-order valence-corrected chi connectivity index (χ2v) is 5.70. The van der Waals surface area contributed by atoms with Crippen LogP contribution in [0, 0.1) is 0 Å². The standard InChI is InChI=1S/C14H14ClNO2S/c1-14(18,11-5-6-19-8-11)9-16-13(17)10-3-2-4-12(15)7-10/h2-8,18H,9H2,1H3,(H,16,17). The first kappa shape index (κ1) is 14.1. The van der Waals surface area contributed by atoms with E-state index < -0.39 is 5.60 Å².